The van der Waals surface area contributed by atoms with Gasteiger partial charge in [-0.3, -0.25) is 4.79 Å². The number of nitrogens with one attached hydrogen (secondary N) is 2. The van der Waals surface area contributed by atoms with Crippen LogP contribution in [-0.2, 0) is 9.53 Å². The molecule has 0 aromatic heterocycles. The number of hydrogen-bond donors (Lipinski definition) is 2. The summed E-state index contributed by atoms with van der Waals surface area (Å²) in [6.07, 6.45) is 3.40. The molecule has 3 aliphatic rings. The number of nitrogens with zero attached hydrogens (tertiary/aromatic N) is 1. The maximum Gasteiger partial charge on any atom is 0.321 e. The molecule has 2 N–H and O–H groups in total. The second-order valence-electron chi connectivity index (χ2n) is 7.75. The smallest absolute Gasteiger partial charge is 0.321 e. The van der Waals surface area contributed by atoms with E-state index in [2.05, 4.69) is 10.6 Å². The third-order valence-electron chi connectivity index (χ3n) is 5.83. The van der Waals surface area contributed by atoms with Gasteiger partial charge in [-0.05, 0) is 37.8 Å². The minimum atomic E-state index is -0.701. The van der Waals surface area contributed by atoms with E-state index in [-0.39, 0.29) is 35.5 Å². The first-order chi connectivity index (χ1) is 13.0. The first-order valence-corrected chi connectivity index (χ1v) is 9.36. The SMILES string of the molecule is O=C(NC1CC1)C1CN(C(=O)Nc2cc(F)ccc2F)CC12CCOCC2. The van der Waals surface area contributed by atoms with Gasteiger partial charge in [-0.15, -0.1) is 0 Å². The Bertz CT molecular complexity index is 748. The molecule has 146 valence electrons. The summed E-state index contributed by atoms with van der Waals surface area (Å²) in [5.41, 5.74) is -0.526. The predicted octanol–water partition coefficient (Wildman–Crippen LogP) is 2.50. The van der Waals surface area contributed by atoms with Crippen molar-refractivity contribution in [2.45, 2.75) is 31.7 Å². The zero-order chi connectivity index (χ0) is 19.0. The van der Waals surface area contributed by atoms with Gasteiger partial charge in [0.05, 0.1) is 11.6 Å². The molecule has 3 fully saturated rings. The lowest BCUT2D eigenvalue weighted by atomic mass is 9.71. The third kappa shape index (κ3) is 3.76. The van der Waals surface area contributed by atoms with E-state index in [9.17, 15) is 18.4 Å². The second-order valence-corrected chi connectivity index (χ2v) is 7.75. The summed E-state index contributed by atoms with van der Waals surface area (Å²) in [7, 11) is 0. The molecule has 8 heteroatoms. The lowest BCUT2D eigenvalue weighted by Crippen LogP contribution is -2.45. The minimum absolute atomic E-state index is 0.0216. The minimum Gasteiger partial charge on any atom is -0.381 e. The van der Waals surface area contributed by atoms with E-state index < -0.39 is 17.7 Å². The van der Waals surface area contributed by atoms with Gasteiger partial charge in [0.25, 0.3) is 0 Å². The molecule has 0 bridgehead atoms. The van der Waals surface area contributed by atoms with Crippen molar-refractivity contribution in [3.63, 3.8) is 0 Å². The molecular formula is C19H23F2N3O3. The Morgan fingerprint density at radius 1 is 1.19 bits per heavy atom. The number of carbonyl (C=O) groups is 2. The molecule has 1 unspecified atom stereocenters. The fourth-order valence-electron chi connectivity index (χ4n) is 4.09. The zero-order valence-electron chi connectivity index (χ0n) is 15.0. The number of hydrogen-bond acceptors (Lipinski definition) is 3. The standard InChI is InChI=1S/C19H23F2N3O3/c20-12-1-4-15(21)16(9-12)23-18(26)24-10-14(17(25)22-13-2-3-13)19(11-24)5-7-27-8-6-19/h1,4,9,13-14H,2-3,5-8,10-11H2,(H,22,25)(H,23,26). The van der Waals surface area contributed by atoms with Gasteiger partial charge in [-0.2, -0.15) is 0 Å². The number of anilines is 1. The van der Waals surface area contributed by atoms with Crippen molar-refractivity contribution in [1.82, 2.24) is 10.2 Å². The first-order valence-electron chi connectivity index (χ1n) is 9.36. The van der Waals surface area contributed by atoms with Gasteiger partial charge in [0.1, 0.15) is 11.6 Å². The van der Waals surface area contributed by atoms with Crippen LogP contribution in [0.4, 0.5) is 19.3 Å². The highest BCUT2D eigenvalue weighted by molar-refractivity contribution is 5.91. The monoisotopic (exact) mass is 379 g/mol. The van der Waals surface area contributed by atoms with E-state index in [1.807, 2.05) is 0 Å². The number of ether oxygens (including phenoxy) is 1. The van der Waals surface area contributed by atoms with Crippen LogP contribution in [-0.4, -0.2) is 49.2 Å². The number of urea groups is 1. The van der Waals surface area contributed by atoms with Gasteiger partial charge in [0.2, 0.25) is 5.91 Å². The second kappa shape index (κ2) is 7.07. The number of rotatable bonds is 3. The molecule has 27 heavy (non-hydrogen) atoms. The molecule has 1 aromatic rings. The Kier molecular flexibility index (Phi) is 4.75. The van der Waals surface area contributed by atoms with Crippen LogP contribution in [0, 0.1) is 23.0 Å². The van der Waals surface area contributed by atoms with Crippen LogP contribution in [0.15, 0.2) is 18.2 Å². The van der Waals surface area contributed by atoms with Crippen molar-refractivity contribution in [3.8, 4) is 0 Å². The number of benzene rings is 1. The average Bonchev–Trinajstić information content (AvgIpc) is 3.39. The van der Waals surface area contributed by atoms with E-state index in [4.69, 9.17) is 4.74 Å². The van der Waals surface area contributed by atoms with Crippen molar-refractivity contribution >= 4 is 17.6 Å². The van der Waals surface area contributed by atoms with Gasteiger partial charge in [0, 0.05) is 43.8 Å². The molecule has 2 aliphatic heterocycles. The number of likely N-dealkylation sites (tertiary alicyclic amines) is 1. The van der Waals surface area contributed by atoms with Crippen molar-refractivity contribution in [1.29, 1.82) is 0 Å². The summed E-state index contributed by atoms with van der Waals surface area (Å²) < 4.78 is 32.7. The van der Waals surface area contributed by atoms with Crippen LogP contribution in [0.25, 0.3) is 0 Å². The maximum atomic E-state index is 13.8. The molecule has 1 aliphatic carbocycles. The Labute approximate surface area is 156 Å². The van der Waals surface area contributed by atoms with Crippen LogP contribution in [0.5, 0.6) is 0 Å². The van der Waals surface area contributed by atoms with Crippen molar-refractivity contribution in [2.24, 2.45) is 11.3 Å². The van der Waals surface area contributed by atoms with Crippen molar-refractivity contribution < 1.29 is 23.1 Å². The fourth-order valence-corrected chi connectivity index (χ4v) is 4.09. The number of halogens is 2. The van der Waals surface area contributed by atoms with Gasteiger partial charge in [-0.25, -0.2) is 13.6 Å². The zero-order valence-corrected chi connectivity index (χ0v) is 15.0. The molecule has 0 radical (unpaired) electrons. The number of amides is 3. The Morgan fingerprint density at radius 3 is 2.63 bits per heavy atom. The van der Waals surface area contributed by atoms with Crippen LogP contribution in [0.1, 0.15) is 25.7 Å². The summed E-state index contributed by atoms with van der Waals surface area (Å²) in [4.78, 5) is 27.0. The summed E-state index contributed by atoms with van der Waals surface area (Å²) >= 11 is 0. The fraction of sp³-hybridized carbons (Fsp3) is 0.579. The molecule has 1 atom stereocenters. The predicted molar refractivity (Wildman–Crippen MR) is 94.1 cm³/mol. The maximum absolute atomic E-state index is 13.8. The highest BCUT2D eigenvalue weighted by atomic mass is 19.1. The highest BCUT2D eigenvalue weighted by Crippen LogP contribution is 2.45. The summed E-state index contributed by atoms with van der Waals surface area (Å²) in [6.45, 7) is 1.78. The molecule has 3 amide bonds. The van der Waals surface area contributed by atoms with Gasteiger partial charge < -0.3 is 20.3 Å². The highest BCUT2D eigenvalue weighted by Gasteiger charge is 2.52. The molecule has 1 saturated carbocycles. The quantitative estimate of drug-likeness (QED) is 0.848. The molecule has 1 aromatic carbocycles. The van der Waals surface area contributed by atoms with Crippen molar-refractivity contribution in [2.75, 3.05) is 31.6 Å². The molecule has 2 saturated heterocycles. The number of carbonyl (C=O) groups excluding carboxylic acids is 2. The largest absolute Gasteiger partial charge is 0.381 e. The van der Waals surface area contributed by atoms with E-state index in [1.165, 1.54) is 4.90 Å². The molecule has 4 rings (SSSR count). The van der Waals surface area contributed by atoms with Crippen LogP contribution in [0.3, 0.4) is 0 Å². The third-order valence-corrected chi connectivity index (χ3v) is 5.83. The lowest BCUT2D eigenvalue weighted by Gasteiger charge is -2.37. The molecule has 1 spiro atoms. The molecule has 6 nitrogen and oxygen atoms in total. The van der Waals surface area contributed by atoms with Gasteiger partial charge in [-0.1, -0.05) is 0 Å². The lowest BCUT2D eigenvalue weighted by molar-refractivity contribution is -0.130. The summed E-state index contributed by atoms with van der Waals surface area (Å²) in [5, 5.41) is 5.48. The average molecular weight is 379 g/mol. The van der Waals surface area contributed by atoms with Crippen LogP contribution in [0.2, 0.25) is 0 Å². The normalized spacial score (nSPS) is 24.1. The van der Waals surface area contributed by atoms with Crippen LogP contribution < -0.4 is 10.6 Å². The molecular weight excluding hydrogens is 356 g/mol. The Balaban J connectivity index is 1.50. The summed E-state index contributed by atoms with van der Waals surface area (Å²) in [6, 6.07) is 2.65. The van der Waals surface area contributed by atoms with Gasteiger partial charge in [0.15, 0.2) is 0 Å². The summed E-state index contributed by atoms with van der Waals surface area (Å²) in [5.74, 6) is -1.67. The van der Waals surface area contributed by atoms with Gasteiger partial charge >= 0.3 is 6.03 Å². The van der Waals surface area contributed by atoms with E-state index >= 15 is 0 Å². The van der Waals surface area contributed by atoms with Crippen LogP contribution >= 0.6 is 0 Å². The van der Waals surface area contributed by atoms with E-state index in [0.717, 1.165) is 31.0 Å². The molecule has 2 heterocycles. The van der Waals surface area contributed by atoms with E-state index in [1.54, 1.807) is 0 Å². The van der Waals surface area contributed by atoms with E-state index in [0.29, 0.717) is 32.6 Å². The Hall–Kier alpha value is -2.22. The first kappa shape index (κ1) is 18.2. The Morgan fingerprint density at radius 2 is 1.93 bits per heavy atom. The topological polar surface area (TPSA) is 70.7 Å². The van der Waals surface area contributed by atoms with Crippen molar-refractivity contribution in [3.05, 3.63) is 29.8 Å².